The van der Waals surface area contributed by atoms with Crippen molar-refractivity contribution < 1.29 is 20.1 Å². The van der Waals surface area contributed by atoms with Crippen LogP contribution in [-0.2, 0) is 30.9 Å². The molecule has 3 aromatic heterocycles. The van der Waals surface area contributed by atoms with Crippen molar-refractivity contribution in [2.75, 3.05) is 0 Å². The summed E-state index contributed by atoms with van der Waals surface area (Å²) in [5.41, 5.74) is 15.8. The number of hydrogen-bond acceptors (Lipinski definition) is 2. The minimum Gasteiger partial charge on any atom is -0.327 e. The van der Waals surface area contributed by atoms with Gasteiger partial charge in [0, 0.05) is 43.3 Å². The van der Waals surface area contributed by atoms with Crippen molar-refractivity contribution in [3.63, 3.8) is 0 Å². The van der Waals surface area contributed by atoms with Gasteiger partial charge >= 0.3 is 0 Å². The predicted molar refractivity (Wildman–Crippen MR) is 238 cm³/mol. The molecule has 287 valence electrons. The summed E-state index contributed by atoms with van der Waals surface area (Å²) in [5.74, 6) is 0. The average molecular weight is 928 g/mol. The molecule has 4 heteroatoms. The van der Waals surface area contributed by atoms with Crippen LogP contribution in [-0.4, -0.2) is 14.5 Å². The molecule has 0 fully saturated rings. The normalized spacial score (nSPS) is 13.9. The summed E-state index contributed by atoms with van der Waals surface area (Å²) >= 11 is 0. The van der Waals surface area contributed by atoms with Crippen LogP contribution in [0.1, 0.15) is 51.7 Å². The van der Waals surface area contributed by atoms with Crippen LogP contribution < -0.4 is 0 Å². The third-order valence-corrected chi connectivity index (χ3v) is 11.7. The quantitative estimate of drug-likeness (QED) is 0.161. The molecule has 10 rings (SSSR count). The molecular formula is C54H45IrN3-2. The minimum absolute atomic E-state index is 0. The Balaban J connectivity index is 0.000000190. The van der Waals surface area contributed by atoms with Gasteiger partial charge in [-0.05, 0) is 93.0 Å². The number of nitrogens with zero attached hydrogens (tertiary/aromatic N) is 3. The monoisotopic (exact) mass is 928 g/mol. The molecule has 3 nitrogen and oxygen atoms in total. The van der Waals surface area contributed by atoms with Crippen molar-refractivity contribution in [3.8, 4) is 50.5 Å². The number of pyridine rings is 2. The van der Waals surface area contributed by atoms with E-state index in [1.807, 2.05) is 48.8 Å². The van der Waals surface area contributed by atoms with Gasteiger partial charge in [-0.2, -0.15) is 0 Å². The molecule has 3 heterocycles. The van der Waals surface area contributed by atoms with Crippen molar-refractivity contribution in [3.05, 3.63) is 199 Å². The van der Waals surface area contributed by atoms with Gasteiger partial charge in [0.15, 0.2) is 0 Å². The summed E-state index contributed by atoms with van der Waals surface area (Å²) in [6, 6.07) is 64.4. The molecule has 0 atom stereocenters. The third-order valence-electron chi connectivity index (χ3n) is 11.7. The van der Waals surface area contributed by atoms with Gasteiger partial charge in [-0.25, -0.2) is 0 Å². The summed E-state index contributed by atoms with van der Waals surface area (Å²) in [5, 5.41) is 2.47. The molecule has 0 N–H and O–H groups in total. The molecule has 6 aromatic carbocycles. The second-order valence-corrected chi connectivity index (χ2v) is 16.4. The van der Waals surface area contributed by atoms with E-state index in [0.29, 0.717) is 0 Å². The Morgan fingerprint density at radius 2 is 0.983 bits per heavy atom. The van der Waals surface area contributed by atoms with Crippen molar-refractivity contribution in [1.29, 1.82) is 0 Å². The van der Waals surface area contributed by atoms with E-state index in [-0.39, 0.29) is 30.9 Å². The van der Waals surface area contributed by atoms with E-state index in [1.54, 1.807) is 0 Å². The van der Waals surface area contributed by atoms with E-state index in [9.17, 15) is 0 Å². The maximum absolute atomic E-state index is 4.55. The molecule has 0 unspecified atom stereocenters. The average Bonchev–Trinajstić information content (AvgIpc) is 3.60. The fraction of sp³-hybridized carbons (Fsp3) is 0.148. The van der Waals surface area contributed by atoms with E-state index in [4.69, 9.17) is 0 Å². The second kappa shape index (κ2) is 16.1. The Labute approximate surface area is 355 Å². The minimum atomic E-state index is 0. The van der Waals surface area contributed by atoms with Gasteiger partial charge in [0.05, 0.1) is 11.0 Å². The topological polar surface area (TPSA) is 30.7 Å². The first-order chi connectivity index (χ1) is 27.7. The SMILES string of the molecule is CC1(C)CCC(C)(C)c2cc(-c3ccccn3)[c-]cc21.[Ir].[c-]1ccc(-n2c3ccc(-c4ccccc4)cc3c3cc(-c4ccccc4)ccc32)cc1-c1ccccn1. The molecule has 1 aliphatic carbocycles. The summed E-state index contributed by atoms with van der Waals surface area (Å²) in [6.45, 7) is 9.39. The Kier molecular flexibility index (Phi) is 10.8. The molecule has 0 aliphatic heterocycles. The number of fused-ring (bicyclic) bond motifs is 4. The molecule has 0 bridgehead atoms. The fourth-order valence-corrected chi connectivity index (χ4v) is 8.36. The van der Waals surface area contributed by atoms with Crippen molar-refractivity contribution >= 4 is 21.8 Å². The van der Waals surface area contributed by atoms with Crippen molar-refractivity contribution in [2.45, 2.75) is 51.4 Å². The van der Waals surface area contributed by atoms with Gasteiger partial charge in [-0.15, -0.1) is 64.7 Å². The van der Waals surface area contributed by atoms with Crippen LogP contribution in [0.15, 0.2) is 176 Å². The van der Waals surface area contributed by atoms with E-state index in [2.05, 4.69) is 182 Å². The van der Waals surface area contributed by atoms with Gasteiger partial charge in [0.1, 0.15) is 0 Å². The van der Waals surface area contributed by atoms with Crippen LogP contribution in [0.3, 0.4) is 0 Å². The zero-order chi connectivity index (χ0) is 39.0. The van der Waals surface area contributed by atoms with Gasteiger partial charge < -0.3 is 14.5 Å². The van der Waals surface area contributed by atoms with Gasteiger partial charge in [-0.1, -0.05) is 131 Å². The molecule has 58 heavy (non-hydrogen) atoms. The van der Waals surface area contributed by atoms with Crippen LogP contribution in [0.4, 0.5) is 0 Å². The Bertz CT molecular complexity index is 2730. The molecule has 0 saturated carbocycles. The molecule has 0 amide bonds. The molecule has 0 spiro atoms. The first-order valence-corrected chi connectivity index (χ1v) is 19.9. The molecule has 1 radical (unpaired) electrons. The van der Waals surface area contributed by atoms with E-state index >= 15 is 0 Å². The fourth-order valence-electron chi connectivity index (χ4n) is 8.36. The number of benzene rings is 6. The van der Waals surface area contributed by atoms with Crippen LogP contribution in [0.5, 0.6) is 0 Å². The van der Waals surface area contributed by atoms with Gasteiger partial charge in [0.2, 0.25) is 0 Å². The van der Waals surface area contributed by atoms with Crippen LogP contribution in [0.25, 0.3) is 72.3 Å². The van der Waals surface area contributed by atoms with Crippen LogP contribution >= 0.6 is 0 Å². The smallest absolute Gasteiger partial charge is 0.0524 e. The summed E-state index contributed by atoms with van der Waals surface area (Å²) in [6.07, 6.45) is 6.15. The van der Waals surface area contributed by atoms with E-state index in [0.717, 1.165) is 28.2 Å². The van der Waals surface area contributed by atoms with E-state index < -0.39 is 0 Å². The first kappa shape index (κ1) is 38.9. The van der Waals surface area contributed by atoms with Gasteiger partial charge in [-0.3, -0.25) is 0 Å². The Morgan fingerprint density at radius 3 is 1.50 bits per heavy atom. The maximum Gasteiger partial charge on any atom is 0.0524 e. The second-order valence-electron chi connectivity index (χ2n) is 16.4. The zero-order valence-electron chi connectivity index (χ0n) is 33.3. The summed E-state index contributed by atoms with van der Waals surface area (Å²) in [4.78, 5) is 9.00. The Morgan fingerprint density at radius 1 is 0.483 bits per heavy atom. The molecule has 0 saturated heterocycles. The van der Waals surface area contributed by atoms with Crippen molar-refractivity contribution in [1.82, 2.24) is 14.5 Å². The molecular weight excluding hydrogens is 883 g/mol. The first-order valence-electron chi connectivity index (χ1n) is 19.9. The zero-order valence-corrected chi connectivity index (χ0v) is 35.7. The number of hydrogen-bond donors (Lipinski definition) is 0. The van der Waals surface area contributed by atoms with Crippen molar-refractivity contribution in [2.24, 2.45) is 0 Å². The summed E-state index contributed by atoms with van der Waals surface area (Å²) in [7, 11) is 0. The third kappa shape index (κ3) is 7.59. The molecule has 9 aromatic rings. The number of rotatable bonds is 5. The Hall–Kier alpha value is -5.93. The van der Waals surface area contributed by atoms with Gasteiger partial charge in [0.25, 0.3) is 0 Å². The van der Waals surface area contributed by atoms with Crippen LogP contribution in [0, 0.1) is 12.1 Å². The number of aromatic nitrogens is 3. The van der Waals surface area contributed by atoms with Crippen LogP contribution in [0.2, 0.25) is 0 Å². The predicted octanol–water partition coefficient (Wildman–Crippen LogP) is 13.9. The standard InChI is InChI=1S/C35H23N2.C19H22N.Ir/c1-3-10-25(11-4-1)27-17-19-34-31(23-27)32-24-28(26-12-5-2-6-13-26)18-20-35(32)37(34)30-15-9-14-29(22-30)33-16-7-8-21-36-33;1-18(2)10-11-19(3,4)16-13-14(8-9-15(16)18)17-7-5-6-12-20-17;/h1-13,15-24H;5-7,9,12-13H,10-11H2,1-4H3;/q2*-1;. The molecule has 1 aliphatic rings. The maximum atomic E-state index is 4.55. The summed E-state index contributed by atoms with van der Waals surface area (Å²) < 4.78 is 2.36. The largest absolute Gasteiger partial charge is 0.327 e. The van der Waals surface area contributed by atoms with E-state index in [1.165, 1.54) is 68.0 Å².